The average Bonchev–Trinajstić information content (AvgIpc) is 2.57. The molecule has 1 aliphatic rings. The molecule has 0 radical (unpaired) electrons. The van der Waals surface area contributed by atoms with Crippen LogP contribution in [0.2, 0.25) is 0 Å². The van der Waals surface area contributed by atoms with E-state index >= 15 is 0 Å². The van der Waals surface area contributed by atoms with Crippen molar-refractivity contribution in [1.82, 2.24) is 4.98 Å². The van der Waals surface area contributed by atoms with Gasteiger partial charge in [-0.1, -0.05) is 0 Å². The van der Waals surface area contributed by atoms with Crippen molar-refractivity contribution in [2.75, 3.05) is 11.9 Å². The van der Waals surface area contributed by atoms with Crippen LogP contribution in [0.15, 0.2) is 0 Å². The lowest BCUT2D eigenvalue weighted by Crippen LogP contribution is -2.25. The second-order valence-electron chi connectivity index (χ2n) is 3.95. The number of rotatable bonds is 3. The molecule has 0 bridgehead atoms. The molecule has 0 saturated carbocycles. The predicted molar refractivity (Wildman–Crippen MR) is 60.9 cm³/mol. The van der Waals surface area contributed by atoms with Gasteiger partial charge >= 0.3 is 0 Å². The Morgan fingerprint density at radius 1 is 1.50 bits per heavy atom. The van der Waals surface area contributed by atoms with Crippen LogP contribution in [-0.2, 0) is 12.8 Å². The number of aryl methyl sites for hydroxylation is 2. The molecule has 0 aliphatic heterocycles. The van der Waals surface area contributed by atoms with E-state index in [0.717, 1.165) is 18.1 Å². The Morgan fingerprint density at radius 3 is 3.00 bits per heavy atom. The highest BCUT2D eigenvalue weighted by atomic mass is 32.1. The maximum atomic E-state index is 5.68. The summed E-state index contributed by atoms with van der Waals surface area (Å²) in [5.41, 5.74) is 6.99. The first-order valence-electron chi connectivity index (χ1n) is 5.24. The van der Waals surface area contributed by atoms with Crippen LogP contribution >= 0.6 is 11.3 Å². The lowest BCUT2D eigenvalue weighted by molar-refractivity contribution is 0.682. The van der Waals surface area contributed by atoms with Crippen molar-refractivity contribution < 1.29 is 0 Å². The highest BCUT2D eigenvalue weighted by Crippen LogP contribution is 2.29. The van der Waals surface area contributed by atoms with E-state index in [4.69, 9.17) is 5.73 Å². The summed E-state index contributed by atoms with van der Waals surface area (Å²) in [5.74, 6) is 0. The zero-order valence-corrected chi connectivity index (χ0v) is 9.36. The molecule has 1 aromatic rings. The van der Waals surface area contributed by atoms with E-state index in [9.17, 15) is 0 Å². The molecule has 1 heterocycles. The quantitative estimate of drug-likeness (QED) is 0.801. The number of aromatic nitrogens is 1. The molecule has 78 valence electrons. The van der Waals surface area contributed by atoms with E-state index in [1.807, 2.05) is 6.92 Å². The summed E-state index contributed by atoms with van der Waals surface area (Å²) >= 11 is 1.80. The molecule has 0 spiro atoms. The Labute approximate surface area is 88.7 Å². The third-order valence-electron chi connectivity index (χ3n) is 2.42. The third kappa shape index (κ3) is 2.25. The monoisotopic (exact) mass is 211 g/mol. The summed E-state index contributed by atoms with van der Waals surface area (Å²) in [7, 11) is 0. The molecule has 0 saturated heterocycles. The van der Waals surface area contributed by atoms with Gasteiger partial charge in [-0.05, 0) is 32.6 Å². The van der Waals surface area contributed by atoms with E-state index in [1.54, 1.807) is 11.3 Å². The molecule has 0 fully saturated rings. The first kappa shape index (κ1) is 9.93. The first-order chi connectivity index (χ1) is 6.75. The van der Waals surface area contributed by atoms with Gasteiger partial charge in [0.05, 0.1) is 5.69 Å². The van der Waals surface area contributed by atoms with Crippen LogP contribution in [0.5, 0.6) is 0 Å². The minimum absolute atomic E-state index is 0.191. The minimum atomic E-state index is 0.191. The summed E-state index contributed by atoms with van der Waals surface area (Å²) in [4.78, 5) is 6.05. The van der Waals surface area contributed by atoms with Gasteiger partial charge in [0.1, 0.15) is 0 Å². The van der Waals surface area contributed by atoms with Crippen molar-refractivity contribution >= 4 is 16.5 Å². The maximum absolute atomic E-state index is 5.68. The van der Waals surface area contributed by atoms with Gasteiger partial charge in [0.2, 0.25) is 0 Å². The second kappa shape index (κ2) is 4.28. The molecular formula is C10H17N3S. The lowest BCUT2D eigenvalue weighted by Gasteiger charge is -2.06. The number of anilines is 1. The number of thiazole rings is 1. The van der Waals surface area contributed by atoms with Crippen molar-refractivity contribution in [3.8, 4) is 0 Å². The first-order valence-corrected chi connectivity index (χ1v) is 6.05. The molecule has 0 aromatic carbocycles. The van der Waals surface area contributed by atoms with Crippen LogP contribution in [0.1, 0.15) is 30.3 Å². The third-order valence-corrected chi connectivity index (χ3v) is 3.54. The standard InChI is InChI=1S/C10H17N3S/c1-7(11)6-12-10-13-8-4-2-3-5-9(8)14-10/h7H,2-6,11H2,1H3,(H,12,13)/t7-/m0/s1. The van der Waals surface area contributed by atoms with Gasteiger partial charge in [-0.25, -0.2) is 4.98 Å². The van der Waals surface area contributed by atoms with Gasteiger partial charge in [-0.3, -0.25) is 0 Å². The van der Waals surface area contributed by atoms with E-state index in [0.29, 0.717) is 0 Å². The zero-order chi connectivity index (χ0) is 9.97. The Kier molecular flexibility index (Phi) is 3.03. The largest absolute Gasteiger partial charge is 0.360 e. The minimum Gasteiger partial charge on any atom is -0.360 e. The van der Waals surface area contributed by atoms with E-state index < -0.39 is 0 Å². The summed E-state index contributed by atoms with van der Waals surface area (Å²) in [5, 5.41) is 4.33. The highest BCUT2D eigenvalue weighted by Gasteiger charge is 2.14. The van der Waals surface area contributed by atoms with Crippen molar-refractivity contribution in [3.05, 3.63) is 10.6 Å². The molecule has 3 nitrogen and oxygen atoms in total. The molecule has 4 heteroatoms. The van der Waals surface area contributed by atoms with Crippen LogP contribution in [0.25, 0.3) is 0 Å². The molecule has 1 atom stereocenters. The van der Waals surface area contributed by atoms with Gasteiger partial charge in [0.25, 0.3) is 0 Å². The normalized spacial score (nSPS) is 17.6. The van der Waals surface area contributed by atoms with Crippen molar-refractivity contribution in [1.29, 1.82) is 0 Å². The summed E-state index contributed by atoms with van der Waals surface area (Å²) in [6, 6.07) is 0.191. The lowest BCUT2D eigenvalue weighted by atomic mass is 10.0. The van der Waals surface area contributed by atoms with Crippen LogP contribution in [0, 0.1) is 0 Å². The fourth-order valence-corrected chi connectivity index (χ4v) is 2.73. The number of hydrogen-bond donors (Lipinski definition) is 2. The number of nitrogens with one attached hydrogen (secondary N) is 1. The Balaban J connectivity index is 2.01. The summed E-state index contributed by atoms with van der Waals surface area (Å²) in [6.45, 7) is 2.81. The van der Waals surface area contributed by atoms with E-state index in [2.05, 4.69) is 10.3 Å². The Morgan fingerprint density at radius 2 is 2.29 bits per heavy atom. The summed E-state index contributed by atoms with van der Waals surface area (Å²) in [6.07, 6.45) is 4.99. The van der Waals surface area contributed by atoms with Crippen LogP contribution in [-0.4, -0.2) is 17.6 Å². The average molecular weight is 211 g/mol. The molecule has 2 rings (SSSR count). The Hall–Kier alpha value is -0.610. The van der Waals surface area contributed by atoms with Crippen LogP contribution in [0.4, 0.5) is 5.13 Å². The molecule has 1 aromatic heterocycles. The van der Waals surface area contributed by atoms with Crippen LogP contribution < -0.4 is 11.1 Å². The van der Waals surface area contributed by atoms with Gasteiger partial charge in [0, 0.05) is 17.5 Å². The van der Waals surface area contributed by atoms with E-state index in [1.165, 1.54) is 29.8 Å². The molecule has 1 aliphatic carbocycles. The number of nitrogens with zero attached hydrogens (tertiary/aromatic N) is 1. The fraction of sp³-hybridized carbons (Fsp3) is 0.700. The highest BCUT2D eigenvalue weighted by molar-refractivity contribution is 7.15. The Bertz CT molecular complexity index is 283. The molecular weight excluding hydrogens is 194 g/mol. The van der Waals surface area contributed by atoms with Crippen molar-refractivity contribution in [3.63, 3.8) is 0 Å². The SMILES string of the molecule is C[C@H](N)CNc1nc2c(s1)CCCC2. The maximum Gasteiger partial charge on any atom is 0.183 e. The number of hydrogen-bond acceptors (Lipinski definition) is 4. The fourth-order valence-electron chi connectivity index (χ4n) is 1.68. The van der Waals surface area contributed by atoms with E-state index in [-0.39, 0.29) is 6.04 Å². The molecule has 0 amide bonds. The second-order valence-corrected chi connectivity index (χ2v) is 5.04. The van der Waals surface area contributed by atoms with Gasteiger partial charge < -0.3 is 11.1 Å². The topological polar surface area (TPSA) is 50.9 Å². The smallest absolute Gasteiger partial charge is 0.183 e. The van der Waals surface area contributed by atoms with Gasteiger partial charge in [-0.2, -0.15) is 0 Å². The number of nitrogens with two attached hydrogens (primary N) is 1. The molecule has 3 N–H and O–H groups in total. The predicted octanol–water partition coefficient (Wildman–Crippen LogP) is 1.78. The van der Waals surface area contributed by atoms with Crippen molar-refractivity contribution in [2.45, 2.75) is 38.6 Å². The van der Waals surface area contributed by atoms with Crippen LogP contribution in [0.3, 0.4) is 0 Å². The number of fused-ring (bicyclic) bond motifs is 1. The van der Waals surface area contributed by atoms with Gasteiger partial charge in [0.15, 0.2) is 5.13 Å². The molecule has 0 unspecified atom stereocenters. The van der Waals surface area contributed by atoms with Crippen molar-refractivity contribution in [2.24, 2.45) is 5.73 Å². The zero-order valence-electron chi connectivity index (χ0n) is 8.55. The summed E-state index contributed by atoms with van der Waals surface area (Å²) < 4.78 is 0. The molecule has 14 heavy (non-hydrogen) atoms. The van der Waals surface area contributed by atoms with Gasteiger partial charge in [-0.15, -0.1) is 11.3 Å².